The molecule has 1 atom stereocenters. The van der Waals surface area contributed by atoms with Gasteiger partial charge in [-0.05, 0) is 37.1 Å². The summed E-state index contributed by atoms with van der Waals surface area (Å²) in [6.45, 7) is 5.67. The summed E-state index contributed by atoms with van der Waals surface area (Å²) in [7, 11) is 1.70. The van der Waals surface area contributed by atoms with Crippen LogP contribution in [0.1, 0.15) is 12.8 Å². The number of piperazine rings is 1. The first kappa shape index (κ1) is 24.2. The van der Waals surface area contributed by atoms with Crippen LogP contribution in [0.25, 0.3) is 11.2 Å². The number of rotatable bonds is 6. The lowest BCUT2D eigenvalue weighted by Crippen LogP contribution is -2.50. The van der Waals surface area contributed by atoms with Crippen LogP contribution in [0.2, 0.25) is 0 Å². The Morgan fingerprint density at radius 2 is 1.89 bits per heavy atom. The second-order valence-electron chi connectivity index (χ2n) is 9.50. The molecule has 2 aliphatic rings. The fraction of sp³-hybridized carbons (Fsp3) is 0.462. The monoisotopic (exact) mass is 493 g/mol. The van der Waals surface area contributed by atoms with Crippen molar-refractivity contribution in [3.8, 4) is 0 Å². The van der Waals surface area contributed by atoms with Gasteiger partial charge in [0.15, 0.2) is 11.5 Å². The molecule has 2 fully saturated rings. The number of hydrogen-bond donors (Lipinski definition) is 1. The van der Waals surface area contributed by atoms with E-state index >= 15 is 0 Å². The Morgan fingerprint density at radius 1 is 1.08 bits per heavy atom. The van der Waals surface area contributed by atoms with Crippen LogP contribution in [-0.4, -0.2) is 77.7 Å². The number of carbonyl (C=O) groups excluding carboxylic acids is 1. The van der Waals surface area contributed by atoms with Gasteiger partial charge in [0.1, 0.15) is 11.3 Å². The van der Waals surface area contributed by atoms with E-state index in [0.29, 0.717) is 42.3 Å². The van der Waals surface area contributed by atoms with Crippen molar-refractivity contribution in [3.63, 3.8) is 0 Å². The van der Waals surface area contributed by atoms with Gasteiger partial charge in [0, 0.05) is 65.6 Å². The minimum absolute atomic E-state index is 0.0176. The summed E-state index contributed by atoms with van der Waals surface area (Å²) in [6, 6.07) is 10.5. The number of piperidine rings is 1. The van der Waals surface area contributed by atoms with Crippen LogP contribution in [0.4, 0.5) is 15.9 Å². The second-order valence-corrected chi connectivity index (χ2v) is 9.50. The Kier molecular flexibility index (Phi) is 7.13. The largest absolute Gasteiger partial charge is 0.367 e. The molecule has 2 aromatic heterocycles. The topological polar surface area (TPSA) is 86.6 Å². The third kappa shape index (κ3) is 5.04. The van der Waals surface area contributed by atoms with Crippen molar-refractivity contribution < 1.29 is 9.18 Å². The van der Waals surface area contributed by atoms with E-state index in [4.69, 9.17) is 0 Å². The maximum absolute atomic E-state index is 14.1. The summed E-state index contributed by atoms with van der Waals surface area (Å²) in [5, 5.41) is 3.08. The highest BCUT2D eigenvalue weighted by Gasteiger charge is 2.28. The van der Waals surface area contributed by atoms with E-state index in [0.717, 1.165) is 45.6 Å². The van der Waals surface area contributed by atoms with Crippen LogP contribution < -0.4 is 20.7 Å². The van der Waals surface area contributed by atoms with Gasteiger partial charge in [-0.15, -0.1) is 0 Å². The predicted octanol–water partition coefficient (Wildman–Crippen LogP) is 1.62. The van der Waals surface area contributed by atoms with Gasteiger partial charge in [0.05, 0.1) is 11.6 Å². The zero-order chi connectivity index (χ0) is 25.1. The molecule has 1 N–H and O–H groups in total. The van der Waals surface area contributed by atoms with Gasteiger partial charge in [-0.25, -0.2) is 14.4 Å². The van der Waals surface area contributed by atoms with Gasteiger partial charge in [-0.3, -0.25) is 19.1 Å². The van der Waals surface area contributed by atoms with Crippen molar-refractivity contribution in [2.45, 2.75) is 12.8 Å². The summed E-state index contributed by atoms with van der Waals surface area (Å²) in [4.78, 5) is 41.0. The van der Waals surface area contributed by atoms with Crippen molar-refractivity contribution in [2.75, 3.05) is 62.2 Å². The smallest absolute Gasteiger partial charge is 0.294 e. The van der Waals surface area contributed by atoms with E-state index in [1.54, 1.807) is 25.4 Å². The zero-order valence-corrected chi connectivity index (χ0v) is 20.6. The van der Waals surface area contributed by atoms with Gasteiger partial charge in [0.25, 0.3) is 5.56 Å². The van der Waals surface area contributed by atoms with Crippen LogP contribution >= 0.6 is 0 Å². The highest BCUT2D eigenvalue weighted by atomic mass is 19.1. The second kappa shape index (κ2) is 10.6. The van der Waals surface area contributed by atoms with Crippen molar-refractivity contribution >= 4 is 28.6 Å². The number of carbonyl (C=O) groups is 1. The molecule has 190 valence electrons. The minimum atomic E-state index is -0.197. The molecule has 0 spiro atoms. The number of para-hydroxylation sites is 1. The number of amides is 1. The number of nitrogens with one attached hydrogen (secondary N) is 1. The first-order valence-corrected chi connectivity index (χ1v) is 12.6. The molecule has 10 heteroatoms. The number of nitrogens with zero attached hydrogens (tertiary/aromatic N) is 6. The fourth-order valence-corrected chi connectivity index (χ4v) is 5.13. The standard InChI is InChI=1S/C26H32FN7O2/c1-31-23-21(8-4-10-28-23)30-24(26(31)36)34-12-5-6-19(18-34)25(35)29-11-13-32-14-16-33(17-15-32)22-9-3-2-7-20(22)27/h2-4,7-10,19H,5-6,11-18H2,1H3,(H,29,35)/t19-/m1/s1. The molecule has 36 heavy (non-hydrogen) atoms. The van der Waals surface area contributed by atoms with Gasteiger partial charge >= 0.3 is 0 Å². The van der Waals surface area contributed by atoms with Crippen molar-refractivity contribution in [1.29, 1.82) is 0 Å². The summed E-state index contributed by atoms with van der Waals surface area (Å²) in [5.74, 6) is 0.0214. The number of fused-ring (bicyclic) bond motifs is 1. The van der Waals surface area contributed by atoms with Gasteiger partial charge in [-0.2, -0.15) is 0 Å². The summed E-state index contributed by atoms with van der Waals surface area (Å²) in [5.41, 5.74) is 1.67. The molecule has 3 aromatic rings. The van der Waals surface area contributed by atoms with Gasteiger partial charge in [0.2, 0.25) is 5.91 Å². The molecule has 0 aliphatic carbocycles. The normalized spacial score (nSPS) is 19.0. The van der Waals surface area contributed by atoms with Crippen LogP contribution in [0, 0.1) is 11.7 Å². The van der Waals surface area contributed by atoms with Crippen molar-refractivity contribution in [1.82, 2.24) is 24.8 Å². The van der Waals surface area contributed by atoms with Gasteiger partial charge < -0.3 is 15.1 Å². The lowest BCUT2D eigenvalue weighted by atomic mass is 9.97. The molecule has 0 radical (unpaired) electrons. The summed E-state index contributed by atoms with van der Waals surface area (Å²) in [6.07, 6.45) is 3.26. The molecule has 2 saturated heterocycles. The average Bonchev–Trinajstić information content (AvgIpc) is 2.91. The summed E-state index contributed by atoms with van der Waals surface area (Å²) >= 11 is 0. The maximum Gasteiger partial charge on any atom is 0.294 e. The first-order chi connectivity index (χ1) is 17.5. The molecule has 9 nitrogen and oxygen atoms in total. The molecule has 1 amide bonds. The van der Waals surface area contributed by atoms with E-state index in [-0.39, 0.29) is 23.2 Å². The number of anilines is 2. The fourth-order valence-electron chi connectivity index (χ4n) is 5.13. The maximum atomic E-state index is 14.1. The quantitative estimate of drug-likeness (QED) is 0.559. The summed E-state index contributed by atoms with van der Waals surface area (Å²) < 4.78 is 15.6. The molecule has 2 aliphatic heterocycles. The third-order valence-corrected chi connectivity index (χ3v) is 7.19. The molecule has 0 unspecified atom stereocenters. The first-order valence-electron chi connectivity index (χ1n) is 12.6. The predicted molar refractivity (Wildman–Crippen MR) is 138 cm³/mol. The lowest BCUT2D eigenvalue weighted by molar-refractivity contribution is -0.125. The zero-order valence-electron chi connectivity index (χ0n) is 20.6. The van der Waals surface area contributed by atoms with E-state index in [1.807, 2.05) is 23.1 Å². The van der Waals surface area contributed by atoms with Crippen LogP contribution in [0.15, 0.2) is 47.4 Å². The Balaban J connectivity index is 1.13. The Hall–Kier alpha value is -3.53. The number of pyridine rings is 1. The van der Waals surface area contributed by atoms with Crippen LogP contribution in [0.5, 0.6) is 0 Å². The Labute approximate surface area is 209 Å². The number of aryl methyl sites for hydroxylation is 1. The highest BCUT2D eigenvalue weighted by Crippen LogP contribution is 2.22. The Bertz CT molecular complexity index is 1290. The molecular weight excluding hydrogens is 461 g/mol. The molecule has 0 bridgehead atoms. The average molecular weight is 494 g/mol. The number of hydrogen-bond acceptors (Lipinski definition) is 7. The minimum Gasteiger partial charge on any atom is -0.367 e. The van der Waals surface area contributed by atoms with E-state index in [9.17, 15) is 14.0 Å². The van der Waals surface area contributed by atoms with E-state index < -0.39 is 0 Å². The molecule has 4 heterocycles. The molecule has 0 saturated carbocycles. The number of halogens is 1. The lowest BCUT2D eigenvalue weighted by Gasteiger charge is -2.36. The number of aromatic nitrogens is 3. The van der Waals surface area contributed by atoms with Gasteiger partial charge in [-0.1, -0.05) is 12.1 Å². The van der Waals surface area contributed by atoms with Crippen LogP contribution in [0.3, 0.4) is 0 Å². The SMILES string of the molecule is Cn1c(=O)c(N2CCC[C@@H](C(=O)NCCN3CCN(c4ccccc4F)CC3)C2)nc2cccnc21. The van der Waals surface area contributed by atoms with Crippen molar-refractivity contribution in [2.24, 2.45) is 13.0 Å². The molecule has 1 aromatic carbocycles. The van der Waals surface area contributed by atoms with E-state index in [2.05, 4.69) is 25.1 Å². The molecule has 5 rings (SSSR count). The molecular formula is C26H32FN7O2. The number of benzene rings is 1. The van der Waals surface area contributed by atoms with Crippen molar-refractivity contribution in [3.05, 3.63) is 58.8 Å². The van der Waals surface area contributed by atoms with E-state index in [1.165, 1.54) is 10.6 Å². The van der Waals surface area contributed by atoms with Crippen LogP contribution in [-0.2, 0) is 11.8 Å². The third-order valence-electron chi connectivity index (χ3n) is 7.19. The Morgan fingerprint density at radius 3 is 2.69 bits per heavy atom. The highest BCUT2D eigenvalue weighted by molar-refractivity contribution is 5.79.